The molecule has 0 aliphatic rings. The number of carbonyl (C=O) groups excluding carboxylic acids is 1. The summed E-state index contributed by atoms with van der Waals surface area (Å²) < 4.78 is 0. The van der Waals surface area contributed by atoms with Gasteiger partial charge in [-0.1, -0.05) is 12.1 Å². The molecule has 94 valence electrons. The van der Waals surface area contributed by atoms with Crippen LogP contribution in [0.25, 0.3) is 0 Å². The Bertz CT molecular complexity index is 363. The highest BCUT2D eigenvalue weighted by Crippen LogP contribution is 2.11. The fourth-order valence-corrected chi connectivity index (χ4v) is 1.59. The largest absolute Gasteiger partial charge is 0.398 e. The fourth-order valence-electron chi connectivity index (χ4n) is 1.59. The Hall–Kier alpha value is -1.43. The van der Waals surface area contributed by atoms with E-state index in [1.54, 1.807) is 29.2 Å². The van der Waals surface area contributed by atoms with Crippen LogP contribution in [0.1, 0.15) is 10.4 Å². The van der Waals surface area contributed by atoms with Crippen molar-refractivity contribution in [3.8, 4) is 0 Å². The van der Waals surface area contributed by atoms with Gasteiger partial charge in [-0.15, -0.1) is 0 Å². The van der Waals surface area contributed by atoms with Crippen LogP contribution >= 0.6 is 0 Å². The molecule has 4 N–H and O–H groups in total. The van der Waals surface area contributed by atoms with Gasteiger partial charge in [-0.05, 0) is 12.1 Å². The van der Waals surface area contributed by atoms with Crippen molar-refractivity contribution in [2.75, 3.05) is 38.6 Å². The first kappa shape index (κ1) is 13.6. The molecule has 0 bridgehead atoms. The molecule has 0 spiro atoms. The topological polar surface area (TPSA) is 86.8 Å². The quantitative estimate of drug-likeness (QED) is 0.450. The maximum absolute atomic E-state index is 11.9. The molecule has 0 amide bonds. The molecule has 0 saturated heterocycles. The van der Waals surface area contributed by atoms with E-state index in [9.17, 15) is 4.79 Å². The molecule has 0 radical (unpaired) electrons. The summed E-state index contributed by atoms with van der Waals surface area (Å²) in [6.45, 7) is 0.780. The first-order chi connectivity index (χ1) is 8.19. The number of hydrogen-bond donors (Lipinski definition) is 3. The fraction of sp³-hybridized carbons (Fsp3) is 0.417. The summed E-state index contributed by atoms with van der Waals surface area (Å²) in [7, 11) is 0. The van der Waals surface area contributed by atoms with E-state index in [4.69, 9.17) is 15.9 Å². The van der Waals surface area contributed by atoms with Gasteiger partial charge in [0, 0.05) is 24.3 Å². The van der Waals surface area contributed by atoms with Gasteiger partial charge in [-0.3, -0.25) is 9.69 Å². The monoisotopic (exact) mass is 238 g/mol. The first-order valence-electron chi connectivity index (χ1n) is 5.50. The van der Waals surface area contributed by atoms with E-state index in [2.05, 4.69) is 0 Å². The molecule has 5 nitrogen and oxygen atoms in total. The molecular weight excluding hydrogens is 220 g/mol. The van der Waals surface area contributed by atoms with E-state index in [0.717, 1.165) is 0 Å². The van der Waals surface area contributed by atoms with Gasteiger partial charge in [0.2, 0.25) is 0 Å². The van der Waals surface area contributed by atoms with Gasteiger partial charge in [-0.2, -0.15) is 0 Å². The third kappa shape index (κ3) is 4.14. The average molecular weight is 238 g/mol. The normalized spacial score (nSPS) is 10.8. The summed E-state index contributed by atoms with van der Waals surface area (Å²) in [6, 6.07) is 6.88. The lowest BCUT2D eigenvalue weighted by molar-refractivity contribution is 0.0895. The van der Waals surface area contributed by atoms with E-state index in [0.29, 0.717) is 24.3 Å². The molecule has 0 aromatic heterocycles. The van der Waals surface area contributed by atoms with Crippen LogP contribution in [0.15, 0.2) is 24.3 Å². The number of benzene rings is 1. The zero-order chi connectivity index (χ0) is 12.7. The number of rotatable bonds is 7. The molecule has 0 fully saturated rings. The summed E-state index contributed by atoms with van der Waals surface area (Å²) in [5, 5.41) is 17.7. The molecule has 0 aliphatic heterocycles. The van der Waals surface area contributed by atoms with Crippen LogP contribution in [0, 0.1) is 0 Å². The van der Waals surface area contributed by atoms with Crippen LogP contribution in [0.5, 0.6) is 0 Å². The van der Waals surface area contributed by atoms with Crippen LogP contribution in [-0.2, 0) is 0 Å². The molecule has 17 heavy (non-hydrogen) atoms. The number of aliphatic hydroxyl groups excluding tert-OH is 2. The Kier molecular flexibility index (Phi) is 5.62. The number of nitrogen functional groups attached to an aromatic ring is 1. The minimum Gasteiger partial charge on any atom is -0.398 e. The van der Waals surface area contributed by atoms with Gasteiger partial charge in [0.25, 0.3) is 0 Å². The highest BCUT2D eigenvalue weighted by Gasteiger charge is 2.13. The second-order valence-electron chi connectivity index (χ2n) is 3.73. The predicted molar refractivity (Wildman–Crippen MR) is 65.8 cm³/mol. The number of carbonyl (C=O) groups is 1. The predicted octanol–water partition coefficient (Wildman–Crippen LogP) is -0.262. The van der Waals surface area contributed by atoms with Crippen LogP contribution in [0.3, 0.4) is 0 Å². The highest BCUT2D eigenvalue weighted by atomic mass is 16.3. The zero-order valence-corrected chi connectivity index (χ0v) is 9.67. The van der Waals surface area contributed by atoms with E-state index in [1.165, 1.54) is 0 Å². The molecule has 1 aromatic rings. The number of para-hydroxylation sites is 1. The van der Waals surface area contributed by atoms with Crippen molar-refractivity contribution in [3.05, 3.63) is 29.8 Å². The van der Waals surface area contributed by atoms with Crippen molar-refractivity contribution < 1.29 is 15.0 Å². The molecule has 5 heteroatoms. The van der Waals surface area contributed by atoms with Crippen LogP contribution in [0.4, 0.5) is 5.69 Å². The third-order valence-corrected chi connectivity index (χ3v) is 2.46. The van der Waals surface area contributed by atoms with Crippen molar-refractivity contribution in [1.82, 2.24) is 4.90 Å². The number of nitrogens with zero attached hydrogens (tertiary/aromatic N) is 1. The number of aliphatic hydroxyl groups is 2. The number of anilines is 1. The minimum absolute atomic E-state index is 0.0441. The van der Waals surface area contributed by atoms with Crippen molar-refractivity contribution in [1.29, 1.82) is 0 Å². The molecular formula is C12H18N2O3. The molecule has 0 heterocycles. The van der Waals surface area contributed by atoms with Crippen LogP contribution < -0.4 is 5.73 Å². The zero-order valence-electron chi connectivity index (χ0n) is 9.67. The first-order valence-corrected chi connectivity index (χ1v) is 5.50. The van der Waals surface area contributed by atoms with Crippen molar-refractivity contribution in [3.63, 3.8) is 0 Å². The van der Waals surface area contributed by atoms with Crippen molar-refractivity contribution in [2.45, 2.75) is 0 Å². The third-order valence-electron chi connectivity index (χ3n) is 2.46. The molecule has 0 atom stereocenters. The lowest BCUT2D eigenvalue weighted by Crippen LogP contribution is -2.34. The molecule has 0 saturated carbocycles. The molecule has 1 aromatic carbocycles. The Labute approximate surface area is 100 Å². The van der Waals surface area contributed by atoms with Gasteiger partial charge in [0.05, 0.1) is 19.8 Å². The summed E-state index contributed by atoms with van der Waals surface area (Å²) in [6.07, 6.45) is 0. The van der Waals surface area contributed by atoms with Gasteiger partial charge in [0.15, 0.2) is 5.78 Å². The van der Waals surface area contributed by atoms with Gasteiger partial charge in [0.1, 0.15) is 0 Å². The van der Waals surface area contributed by atoms with E-state index < -0.39 is 0 Å². The van der Waals surface area contributed by atoms with Gasteiger partial charge in [-0.25, -0.2) is 0 Å². The van der Waals surface area contributed by atoms with Crippen molar-refractivity contribution in [2.24, 2.45) is 0 Å². The van der Waals surface area contributed by atoms with Gasteiger partial charge >= 0.3 is 0 Å². The molecule has 0 aliphatic carbocycles. The maximum atomic E-state index is 11.9. The Balaban J connectivity index is 2.67. The summed E-state index contributed by atoms with van der Waals surface area (Å²) in [5.74, 6) is -0.106. The number of nitrogens with two attached hydrogens (primary N) is 1. The number of hydrogen-bond acceptors (Lipinski definition) is 5. The molecule has 1 rings (SSSR count). The SMILES string of the molecule is Nc1ccccc1C(=O)CN(CCO)CCO. The second kappa shape index (κ2) is 7.01. The lowest BCUT2D eigenvalue weighted by atomic mass is 10.1. The van der Waals surface area contributed by atoms with E-state index >= 15 is 0 Å². The summed E-state index contributed by atoms with van der Waals surface area (Å²) in [5.41, 5.74) is 6.64. The average Bonchev–Trinajstić information content (AvgIpc) is 2.30. The lowest BCUT2D eigenvalue weighted by Gasteiger charge is -2.19. The highest BCUT2D eigenvalue weighted by molar-refractivity contribution is 6.02. The second-order valence-corrected chi connectivity index (χ2v) is 3.73. The smallest absolute Gasteiger partial charge is 0.178 e. The molecule has 0 unspecified atom stereocenters. The standard InChI is InChI=1S/C12H18N2O3/c13-11-4-2-1-3-10(11)12(17)9-14(5-7-15)6-8-16/h1-4,15-16H,5-9,13H2. The van der Waals surface area contributed by atoms with E-state index in [1.807, 2.05) is 0 Å². The number of ketones is 1. The number of Topliss-reactive ketones (excluding diaryl/α,β-unsaturated/α-hetero) is 1. The van der Waals surface area contributed by atoms with Crippen LogP contribution in [0.2, 0.25) is 0 Å². The Morgan fingerprint density at radius 3 is 2.29 bits per heavy atom. The Morgan fingerprint density at radius 1 is 1.18 bits per heavy atom. The van der Waals surface area contributed by atoms with E-state index in [-0.39, 0.29) is 25.5 Å². The van der Waals surface area contributed by atoms with Crippen molar-refractivity contribution >= 4 is 11.5 Å². The van der Waals surface area contributed by atoms with Crippen LogP contribution in [-0.4, -0.2) is 53.7 Å². The van der Waals surface area contributed by atoms with Gasteiger partial charge < -0.3 is 15.9 Å². The summed E-state index contributed by atoms with van der Waals surface area (Å²) in [4.78, 5) is 13.6. The Morgan fingerprint density at radius 2 is 1.76 bits per heavy atom. The summed E-state index contributed by atoms with van der Waals surface area (Å²) >= 11 is 0. The maximum Gasteiger partial charge on any atom is 0.178 e. The minimum atomic E-state index is -0.106.